The van der Waals surface area contributed by atoms with Gasteiger partial charge in [-0.15, -0.1) is 0 Å². The summed E-state index contributed by atoms with van der Waals surface area (Å²) in [7, 11) is 0. The summed E-state index contributed by atoms with van der Waals surface area (Å²) in [5.74, 6) is 2.12. The lowest BCUT2D eigenvalue weighted by molar-refractivity contribution is -0.122. The van der Waals surface area contributed by atoms with Gasteiger partial charge < -0.3 is 15.4 Å². The Bertz CT molecular complexity index is 490. The van der Waals surface area contributed by atoms with Crippen molar-refractivity contribution in [2.45, 2.75) is 40.0 Å². The Morgan fingerprint density at radius 2 is 2.13 bits per heavy atom. The van der Waals surface area contributed by atoms with E-state index < -0.39 is 0 Å². The third-order valence-electron chi connectivity index (χ3n) is 4.73. The number of benzene rings is 1. The molecule has 1 aromatic rings. The van der Waals surface area contributed by atoms with Crippen LogP contribution in [0.4, 0.5) is 0 Å². The van der Waals surface area contributed by atoms with Crippen LogP contribution < -0.4 is 15.4 Å². The predicted octanol–water partition coefficient (Wildman–Crippen LogP) is 2.82. The van der Waals surface area contributed by atoms with Crippen molar-refractivity contribution in [3.63, 3.8) is 0 Å². The number of amides is 1. The molecule has 2 N–H and O–H groups in total. The van der Waals surface area contributed by atoms with Gasteiger partial charge in [-0.1, -0.05) is 25.1 Å². The van der Waals surface area contributed by atoms with Crippen LogP contribution in [0.25, 0.3) is 0 Å². The van der Waals surface area contributed by atoms with Gasteiger partial charge in [0.25, 0.3) is 0 Å². The number of aryl methyl sites for hydroxylation is 2. The van der Waals surface area contributed by atoms with Gasteiger partial charge in [0.05, 0.1) is 6.54 Å². The van der Waals surface area contributed by atoms with E-state index in [-0.39, 0.29) is 5.91 Å². The lowest BCUT2D eigenvalue weighted by Gasteiger charge is -2.28. The molecule has 0 bridgehead atoms. The second-order valence-electron chi connectivity index (χ2n) is 6.71. The summed E-state index contributed by atoms with van der Waals surface area (Å²) >= 11 is 0. The predicted molar refractivity (Wildman–Crippen MR) is 93.8 cm³/mol. The van der Waals surface area contributed by atoms with Crippen LogP contribution in [0.3, 0.4) is 0 Å². The Labute approximate surface area is 140 Å². The summed E-state index contributed by atoms with van der Waals surface area (Å²) in [6.45, 7) is 9.50. The number of nitrogens with one attached hydrogen (secondary N) is 2. The maximum atomic E-state index is 12.1. The third kappa shape index (κ3) is 5.54. The average molecular weight is 318 g/mol. The lowest BCUT2D eigenvalue weighted by atomic mass is 9.85. The van der Waals surface area contributed by atoms with Gasteiger partial charge >= 0.3 is 0 Å². The number of para-hydroxylation sites is 1. The Morgan fingerprint density at radius 1 is 1.39 bits per heavy atom. The van der Waals surface area contributed by atoms with E-state index in [2.05, 4.69) is 17.6 Å². The van der Waals surface area contributed by atoms with Gasteiger partial charge in [0.15, 0.2) is 0 Å². The molecule has 23 heavy (non-hydrogen) atoms. The first-order valence-electron chi connectivity index (χ1n) is 8.74. The van der Waals surface area contributed by atoms with Crippen LogP contribution in [0.2, 0.25) is 0 Å². The summed E-state index contributed by atoms with van der Waals surface area (Å²) in [5.41, 5.74) is 2.27. The van der Waals surface area contributed by atoms with Crippen LogP contribution in [0.5, 0.6) is 5.75 Å². The molecule has 4 nitrogen and oxygen atoms in total. The molecule has 1 fully saturated rings. The van der Waals surface area contributed by atoms with Crippen molar-refractivity contribution < 1.29 is 9.53 Å². The Morgan fingerprint density at radius 3 is 2.78 bits per heavy atom. The van der Waals surface area contributed by atoms with E-state index in [4.69, 9.17) is 4.74 Å². The molecule has 2 unspecified atom stereocenters. The van der Waals surface area contributed by atoms with Gasteiger partial charge in [-0.2, -0.15) is 0 Å². The lowest BCUT2D eigenvalue weighted by Crippen LogP contribution is -2.36. The maximum absolute atomic E-state index is 12.1. The molecule has 128 valence electrons. The van der Waals surface area contributed by atoms with Gasteiger partial charge in [-0.3, -0.25) is 4.79 Å². The molecule has 0 saturated carbocycles. The van der Waals surface area contributed by atoms with Crippen LogP contribution in [0.15, 0.2) is 18.2 Å². The molecular formula is C19H30N2O2. The minimum absolute atomic E-state index is 0.133. The Kier molecular flexibility index (Phi) is 6.90. The molecule has 0 spiro atoms. The second-order valence-corrected chi connectivity index (χ2v) is 6.71. The zero-order chi connectivity index (χ0) is 16.7. The van der Waals surface area contributed by atoms with Crippen molar-refractivity contribution in [3.05, 3.63) is 29.3 Å². The zero-order valence-corrected chi connectivity index (χ0v) is 14.7. The minimum Gasteiger partial charge on any atom is -0.491 e. The van der Waals surface area contributed by atoms with Crippen molar-refractivity contribution in [1.29, 1.82) is 0 Å². The van der Waals surface area contributed by atoms with Crippen LogP contribution in [0.1, 0.15) is 37.3 Å². The van der Waals surface area contributed by atoms with E-state index in [9.17, 15) is 4.79 Å². The maximum Gasteiger partial charge on any atom is 0.220 e. The van der Waals surface area contributed by atoms with E-state index in [1.165, 1.54) is 12.8 Å². The minimum atomic E-state index is 0.133. The normalized spacial score (nSPS) is 19.2. The number of carbonyl (C=O) groups excluding carboxylic acids is 1. The molecule has 1 aliphatic rings. The van der Waals surface area contributed by atoms with E-state index in [1.54, 1.807) is 0 Å². The molecule has 1 aliphatic heterocycles. The van der Waals surface area contributed by atoms with Gasteiger partial charge in [0, 0.05) is 6.42 Å². The van der Waals surface area contributed by atoms with Crippen LogP contribution in [-0.4, -0.2) is 32.1 Å². The van der Waals surface area contributed by atoms with E-state index in [0.717, 1.165) is 30.0 Å². The molecule has 1 amide bonds. The number of rotatable bonds is 7. The molecule has 2 atom stereocenters. The summed E-state index contributed by atoms with van der Waals surface area (Å²) in [6, 6.07) is 6.11. The quantitative estimate of drug-likeness (QED) is 0.760. The van der Waals surface area contributed by atoms with E-state index in [1.807, 2.05) is 32.0 Å². The SMILES string of the molecule is Cc1cccc(C)c1OCCNC(=O)CC(C)C1CCCNC1. The molecule has 0 aliphatic carbocycles. The topological polar surface area (TPSA) is 50.4 Å². The Hall–Kier alpha value is -1.55. The molecule has 1 aromatic carbocycles. The summed E-state index contributed by atoms with van der Waals surface area (Å²) in [5, 5.41) is 6.40. The molecular weight excluding hydrogens is 288 g/mol. The molecule has 2 rings (SSSR count). The Balaban J connectivity index is 1.66. The first kappa shape index (κ1) is 17.8. The third-order valence-corrected chi connectivity index (χ3v) is 4.73. The fourth-order valence-electron chi connectivity index (χ4n) is 3.27. The number of hydrogen-bond acceptors (Lipinski definition) is 3. The van der Waals surface area contributed by atoms with Crippen molar-refractivity contribution in [3.8, 4) is 5.75 Å². The first-order valence-corrected chi connectivity index (χ1v) is 8.74. The molecule has 1 saturated heterocycles. The van der Waals surface area contributed by atoms with E-state index in [0.29, 0.717) is 31.4 Å². The van der Waals surface area contributed by atoms with Crippen LogP contribution in [0, 0.1) is 25.7 Å². The van der Waals surface area contributed by atoms with Crippen molar-refractivity contribution in [2.75, 3.05) is 26.2 Å². The smallest absolute Gasteiger partial charge is 0.220 e. The summed E-state index contributed by atoms with van der Waals surface area (Å²) < 4.78 is 5.81. The van der Waals surface area contributed by atoms with Gasteiger partial charge in [0.2, 0.25) is 5.91 Å². The van der Waals surface area contributed by atoms with Crippen LogP contribution in [-0.2, 0) is 4.79 Å². The monoisotopic (exact) mass is 318 g/mol. The highest BCUT2D eigenvalue weighted by molar-refractivity contribution is 5.76. The van der Waals surface area contributed by atoms with Gasteiger partial charge in [-0.25, -0.2) is 0 Å². The number of piperidine rings is 1. The van der Waals surface area contributed by atoms with Gasteiger partial charge in [-0.05, 0) is 62.7 Å². The highest BCUT2D eigenvalue weighted by Crippen LogP contribution is 2.23. The standard InChI is InChI=1S/C19H30N2O2/c1-14-6-4-7-15(2)19(14)23-11-10-21-18(22)12-16(3)17-8-5-9-20-13-17/h4,6-7,16-17,20H,5,8-13H2,1-3H3,(H,21,22). The summed E-state index contributed by atoms with van der Waals surface area (Å²) in [4.78, 5) is 12.1. The summed E-state index contributed by atoms with van der Waals surface area (Å²) in [6.07, 6.45) is 3.06. The first-order chi connectivity index (χ1) is 11.1. The number of carbonyl (C=O) groups is 1. The highest BCUT2D eigenvalue weighted by Gasteiger charge is 2.21. The van der Waals surface area contributed by atoms with Crippen molar-refractivity contribution in [2.24, 2.45) is 11.8 Å². The van der Waals surface area contributed by atoms with Crippen LogP contribution >= 0.6 is 0 Å². The molecule has 4 heteroatoms. The molecule has 0 aromatic heterocycles. The molecule has 1 heterocycles. The second kappa shape index (κ2) is 8.92. The van der Waals surface area contributed by atoms with Crippen molar-refractivity contribution in [1.82, 2.24) is 10.6 Å². The largest absolute Gasteiger partial charge is 0.491 e. The fraction of sp³-hybridized carbons (Fsp3) is 0.632. The van der Waals surface area contributed by atoms with E-state index >= 15 is 0 Å². The number of ether oxygens (including phenoxy) is 1. The van der Waals surface area contributed by atoms with Crippen molar-refractivity contribution >= 4 is 5.91 Å². The zero-order valence-electron chi connectivity index (χ0n) is 14.7. The fourth-order valence-corrected chi connectivity index (χ4v) is 3.27. The molecule has 0 radical (unpaired) electrons. The van der Waals surface area contributed by atoms with Gasteiger partial charge in [0.1, 0.15) is 12.4 Å². The number of hydrogen-bond donors (Lipinski definition) is 2. The average Bonchev–Trinajstić information content (AvgIpc) is 2.54. The highest BCUT2D eigenvalue weighted by atomic mass is 16.5.